The lowest BCUT2D eigenvalue weighted by molar-refractivity contribution is -0.142. The highest BCUT2D eigenvalue weighted by atomic mass is 32.2. The number of fused-ring (bicyclic) bond motifs is 3. The lowest BCUT2D eigenvalue weighted by atomic mass is 9.98. The average Bonchev–Trinajstić information content (AvgIpc) is 3.13. The molecule has 0 aromatic heterocycles. The first-order valence-electron chi connectivity index (χ1n) is 11.1. The topological polar surface area (TPSA) is 105 Å². The van der Waals surface area contributed by atoms with Crippen LogP contribution in [0, 0.1) is 0 Å². The molecule has 3 N–H and O–H groups in total. The van der Waals surface area contributed by atoms with E-state index in [1.165, 1.54) is 11.8 Å². The molecule has 0 fully saturated rings. The quantitative estimate of drug-likeness (QED) is 0.458. The van der Waals surface area contributed by atoms with Crippen molar-refractivity contribution in [1.29, 1.82) is 0 Å². The van der Waals surface area contributed by atoms with E-state index in [2.05, 4.69) is 22.8 Å². The first kappa shape index (κ1) is 24.6. The SMILES string of the molecule is CCC[C@@H](NC(=O)C(CCSC)NC(=O)OCC1c2ccccc2-c2ccccc21)C(=O)O. The van der Waals surface area contributed by atoms with Crippen molar-refractivity contribution in [2.24, 2.45) is 0 Å². The Bertz CT molecular complexity index is 951. The number of nitrogens with one attached hydrogen (secondary N) is 2. The first-order valence-corrected chi connectivity index (χ1v) is 12.5. The van der Waals surface area contributed by atoms with Crippen molar-refractivity contribution in [3.05, 3.63) is 59.7 Å². The van der Waals surface area contributed by atoms with Gasteiger partial charge in [-0.1, -0.05) is 61.9 Å². The van der Waals surface area contributed by atoms with E-state index in [4.69, 9.17) is 4.74 Å². The molecule has 8 heteroatoms. The summed E-state index contributed by atoms with van der Waals surface area (Å²) >= 11 is 1.54. The Morgan fingerprint density at radius 1 is 0.970 bits per heavy atom. The summed E-state index contributed by atoms with van der Waals surface area (Å²) in [6.07, 6.45) is 2.52. The molecule has 0 saturated heterocycles. The number of hydrogen-bond acceptors (Lipinski definition) is 5. The normalized spacial score (nSPS) is 14.0. The molecule has 2 aromatic rings. The third kappa shape index (κ3) is 6.07. The molecule has 7 nitrogen and oxygen atoms in total. The van der Waals surface area contributed by atoms with Crippen LogP contribution in [0.2, 0.25) is 0 Å². The average molecular weight is 471 g/mol. The Balaban J connectivity index is 1.65. The van der Waals surface area contributed by atoms with Crippen LogP contribution in [-0.4, -0.2) is 53.8 Å². The van der Waals surface area contributed by atoms with Gasteiger partial charge < -0.3 is 20.5 Å². The van der Waals surface area contributed by atoms with Crippen molar-refractivity contribution in [3.8, 4) is 11.1 Å². The van der Waals surface area contributed by atoms with E-state index in [-0.39, 0.29) is 12.5 Å². The molecule has 0 radical (unpaired) electrons. The number of alkyl carbamates (subject to hydrolysis) is 1. The minimum absolute atomic E-state index is 0.0810. The van der Waals surface area contributed by atoms with Crippen LogP contribution in [-0.2, 0) is 14.3 Å². The second-order valence-corrected chi connectivity index (χ2v) is 8.98. The van der Waals surface area contributed by atoms with E-state index in [9.17, 15) is 19.5 Å². The third-order valence-corrected chi connectivity index (χ3v) is 6.40. The maximum Gasteiger partial charge on any atom is 0.407 e. The fraction of sp³-hybridized carbons (Fsp3) is 0.400. The highest BCUT2D eigenvalue weighted by Gasteiger charge is 2.30. The Hall–Kier alpha value is -3.00. The van der Waals surface area contributed by atoms with Crippen LogP contribution in [0.25, 0.3) is 11.1 Å². The smallest absolute Gasteiger partial charge is 0.407 e. The van der Waals surface area contributed by atoms with Gasteiger partial charge in [-0.25, -0.2) is 9.59 Å². The maximum absolute atomic E-state index is 12.7. The van der Waals surface area contributed by atoms with Gasteiger partial charge in [0.1, 0.15) is 18.7 Å². The summed E-state index contributed by atoms with van der Waals surface area (Å²) in [5, 5.41) is 14.5. The van der Waals surface area contributed by atoms with Gasteiger partial charge in [0, 0.05) is 5.92 Å². The summed E-state index contributed by atoms with van der Waals surface area (Å²) in [5.74, 6) is -1.05. The number of aliphatic carboxylic acids is 1. The van der Waals surface area contributed by atoms with Crippen molar-refractivity contribution in [2.75, 3.05) is 18.6 Å². The zero-order chi connectivity index (χ0) is 23.8. The largest absolute Gasteiger partial charge is 0.480 e. The number of carboxylic acids is 1. The number of carbonyl (C=O) groups excluding carboxylic acids is 2. The summed E-state index contributed by atoms with van der Waals surface area (Å²) in [5.41, 5.74) is 4.48. The first-order chi connectivity index (χ1) is 16.0. The summed E-state index contributed by atoms with van der Waals surface area (Å²) in [4.78, 5) is 36.7. The summed E-state index contributed by atoms with van der Waals surface area (Å²) in [6, 6.07) is 14.3. The molecule has 1 unspecified atom stereocenters. The third-order valence-electron chi connectivity index (χ3n) is 5.75. The Kier molecular flexibility index (Phi) is 8.77. The molecule has 0 bridgehead atoms. The number of hydrogen-bond donors (Lipinski definition) is 3. The van der Waals surface area contributed by atoms with E-state index in [1.54, 1.807) is 0 Å². The van der Waals surface area contributed by atoms with Crippen LogP contribution >= 0.6 is 11.8 Å². The summed E-state index contributed by atoms with van der Waals surface area (Å²) < 4.78 is 5.55. The van der Waals surface area contributed by atoms with Crippen molar-refractivity contribution >= 4 is 29.7 Å². The van der Waals surface area contributed by atoms with Gasteiger partial charge in [-0.3, -0.25) is 4.79 Å². The molecule has 2 atom stereocenters. The number of rotatable bonds is 11. The minimum Gasteiger partial charge on any atom is -0.480 e. The summed E-state index contributed by atoms with van der Waals surface area (Å²) in [7, 11) is 0. The molecule has 176 valence electrons. The number of ether oxygens (including phenoxy) is 1. The van der Waals surface area contributed by atoms with Crippen molar-refractivity contribution in [3.63, 3.8) is 0 Å². The van der Waals surface area contributed by atoms with Gasteiger partial charge >= 0.3 is 12.1 Å². The van der Waals surface area contributed by atoms with Crippen molar-refractivity contribution < 1.29 is 24.2 Å². The van der Waals surface area contributed by atoms with Crippen LogP contribution in [0.15, 0.2) is 48.5 Å². The molecule has 0 heterocycles. The predicted molar refractivity (Wildman–Crippen MR) is 129 cm³/mol. The monoisotopic (exact) mass is 470 g/mol. The number of amides is 2. The van der Waals surface area contributed by atoms with E-state index in [0.29, 0.717) is 25.0 Å². The Morgan fingerprint density at radius 3 is 2.12 bits per heavy atom. The summed E-state index contributed by atoms with van der Waals surface area (Å²) in [6.45, 7) is 1.99. The maximum atomic E-state index is 12.7. The highest BCUT2D eigenvalue weighted by Crippen LogP contribution is 2.44. The minimum atomic E-state index is -1.09. The van der Waals surface area contributed by atoms with Crippen LogP contribution < -0.4 is 10.6 Å². The second-order valence-electron chi connectivity index (χ2n) is 7.99. The molecule has 1 aliphatic carbocycles. The van der Waals surface area contributed by atoms with Crippen LogP contribution in [0.3, 0.4) is 0 Å². The zero-order valence-corrected chi connectivity index (χ0v) is 19.7. The standard InChI is InChI=1S/C25H30N2O5S/c1-3-8-22(24(29)30)26-23(28)21(13-14-33-2)27-25(31)32-15-20-18-11-6-4-9-16(18)17-10-5-7-12-19(17)20/h4-7,9-12,20-22H,3,8,13-15H2,1-2H3,(H,26,28)(H,27,31)(H,29,30)/t21?,22-/m1/s1. The second kappa shape index (κ2) is 11.7. The van der Waals surface area contributed by atoms with Gasteiger partial charge in [0.25, 0.3) is 0 Å². The van der Waals surface area contributed by atoms with E-state index in [0.717, 1.165) is 22.3 Å². The fourth-order valence-corrected chi connectivity index (χ4v) is 4.58. The van der Waals surface area contributed by atoms with Crippen molar-refractivity contribution in [2.45, 2.75) is 44.2 Å². The molecular weight excluding hydrogens is 440 g/mol. The molecule has 1 aliphatic rings. The van der Waals surface area contributed by atoms with E-state index < -0.39 is 30.1 Å². The van der Waals surface area contributed by atoms with Crippen molar-refractivity contribution in [1.82, 2.24) is 10.6 Å². The van der Waals surface area contributed by atoms with Gasteiger partial charge in [0.2, 0.25) is 5.91 Å². The Morgan fingerprint density at radius 2 is 1.58 bits per heavy atom. The number of carboxylic acid groups (broad SMARTS) is 1. The number of carbonyl (C=O) groups is 3. The number of benzene rings is 2. The van der Waals surface area contributed by atoms with Gasteiger partial charge in [-0.2, -0.15) is 11.8 Å². The number of thioether (sulfide) groups is 1. The van der Waals surface area contributed by atoms with Gasteiger partial charge in [0.15, 0.2) is 0 Å². The molecule has 0 saturated carbocycles. The van der Waals surface area contributed by atoms with Gasteiger partial charge in [-0.15, -0.1) is 0 Å². The van der Waals surface area contributed by atoms with Crippen LogP contribution in [0.4, 0.5) is 4.79 Å². The fourth-order valence-electron chi connectivity index (χ4n) is 4.11. The Labute approximate surface area is 198 Å². The molecule has 2 aromatic carbocycles. The lowest BCUT2D eigenvalue weighted by Crippen LogP contribution is -2.52. The molecular formula is C25H30N2O5S. The molecule has 33 heavy (non-hydrogen) atoms. The van der Waals surface area contributed by atoms with Crippen LogP contribution in [0.5, 0.6) is 0 Å². The molecule has 2 amide bonds. The lowest BCUT2D eigenvalue weighted by Gasteiger charge is -2.21. The van der Waals surface area contributed by atoms with Gasteiger partial charge in [-0.05, 0) is 47.1 Å². The zero-order valence-electron chi connectivity index (χ0n) is 18.9. The molecule has 0 spiro atoms. The van der Waals surface area contributed by atoms with E-state index >= 15 is 0 Å². The van der Waals surface area contributed by atoms with Gasteiger partial charge in [0.05, 0.1) is 0 Å². The molecule has 0 aliphatic heterocycles. The highest BCUT2D eigenvalue weighted by molar-refractivity contribution is 7.98. The predicted octanol–water partition coefficient (Wildman–Crippen LogP) is 4.02. The van der Waals surface area contributed by atoms with Crippen LogP contribution in [0.1, 0.15) is 43.2 Å². The molecule has 3 rings (SSSR count). The van der Waals surface area contributed by atoms with E-state index in [1.807, 2.05) is 49.6 Å².